The summed E-state index contributed by atoms with van der Waals surface area (Å²) in [5, 5.41) is 13.0. The zero-order chi connectivity index (χ0) is 12.3. The molecule has 17 heavy (non-hydrogen) atoms. The van der Waals surface area contributed by atoms with Crippen LogP contribution in [0.2, 0.25) is 0 Å². The lowest BCUT2D eigenvalue weighted by atomic mass is 9.89. The molecule has 0 radical (unpaired) electrons. The topological polar surface area (TPSA) is 50.7 Å². The van der Waals surface area contributed by atoms with Crippen LogP contribution in [0.5, 0.6) is 0 Å². The summed E-state index contributed by atoms with van der Waals surface area (Å²) in [4.78, 5) is 0. The highest BCUT2D eigenvalue weighted by Gasteiger charge is 2.41. The van der Waals surface area contributed by atoms with Crippen molar-refractivity contribution in [2.24, 2.45) is 0 Å². The molecular formula is C13H25NO3. The van der Waals surface area contributed by atoms with Crippen LogP contribution in [0.25, 0.3) is 0 Å². The van der Waals surface area contributed by atoms with Crippen LogP contribution < -0.4 is 5.32 Å². The van der Waals surface area contributed by atoms with Gasteiger partial charge in [0.05, 0.1) is 18.3 Å². The first-order valence-corrected chi connectivity index (χ1v) is 6.75. The van der Waals surface area contributed by atoms with E-state index in [0.717, 1.165) is 45.5 Å². The van der Waals surface area contributed by atoms with Crippen molar-refractivity contribution >= 4 is 0 Å². The summed E-state index contributed by atoms with van der Waals surface area (Å²) >= 11 is 0. The van der Waals surface area contributed by atoms with Crippen molar-refractivity contribution in [3.63, 3.8) is 0 Å². The van der Waals surface area contributed by atoms with Crippen molar-refractivity contribution in [2.75, 3.05) is 19.8 Å². The molecule has 2 aliphatic heterocycles. The summed E-state index contributed by atoms with van der Waals surface area (Å²) in [6, 6.07) is 0.858. The number of aliphatic hydroxyl groups is 1. The molecule has 4 unspecified atom stereocenters. The van der Waals surface area contributed by atoms with Gasteiger partial charge >= 0.3 is 0 Å². The quantitative estimate of drug-likeness (QED) is 0.775. The van der Waals surface area contributed by atoms with Crippen molar-refractivity contribution in [3.05, 3.63) is 0 Å². The first-order valence-electron chi connectivity index (χ1n) is 6.75. The summed E-state index contributed by atoms with van der Waals surface area (Å²) in [6.45, 7) is 6.38. The summed E-state index contributed by atoms with van der Waals surface area (Å²) in [7, 11) is 0. The van der Waals surface area contributed by atoms with E-state index >= 15 is 0 Å². The number of aliphatic hydroxyl groups excluding tert-OH is 1. The average Bonchev–Trinajstić information content (AvgIpc) is 2.64. The minimum Gasteiger partial charge on any atom is -0.393 e. The smallest absolute Gasteiger partial charge is 0.0951 e. The van der Waals surface area contributed by atoms with Crippen LogP contribution >= 0.6 is 0 Å². The molecule has 2 N–H and O–H groups in total. The minimum absolute atomic E-state index is 0.0273. The Morgan fingerprint density at radius 2 is 2.24 bits per heavy atom. The molecule has 4 atom stereocenters. The molecule has 0 saturated carbocycles. The molecule has 0 aromatic rings. The first kappa shape index (κ1) is 13.3. The molecule has 2 heterocycles. The highest BCUT2D eigenvalue weighted by Crippen LogP contribution is 2.32. The third kappa shape index (κ3) is 3.65. The maximum atomic E-state index is 9.37. The standard InChI is InChI=1S/C13H25NO3/c1-10(7-11(2)15)14-12-3-5-17-13(8-12)4-6-16-9-13/h10-12,14-15H,3-9H2,1-2H3. The molecule has 0 aliphatic carbocycles. The lowest BCUT2D eigenvalue weighted by molar-refractivity contribution is -0.0904. The van der Waals surface area contributed by atoms with Crippen LogP contribution in [0.3, 0.4) is 0 Å². The van der Waals surface area contributed by atoms with Crippen molar-refractivity contribution in [1.29, 1.82) is 0 Å². The lowest BCUT2D eigenvalue weighted by Crippen LogP contribution is -2.50. The van der Waals surface area contributed by atoms with Gasteiger partial charge in [-0.2, -0.15) is 0 Å². The summed E-state index contributed by atoms with van der Waals surface area (Å²) in [5.41, 5.74) is -0.0273. The molecule has 2 saturated heterocycles. The highest BCUT2D eigenvalue weighted by atomic mass is 16.6. The van der Waals surface area contributed by atoms with Gasteiger partial charge in [0.25, 0.3) is 0 Å². The Labute approximate surface area is 104 Å². The van der Waals surface area contributed by atoms with Crippen LogP contribution in [0.15, 0.2) is 0 Å². The zero-order valence-corrected chi connectivity index (χ0v) is 10.9. The van der Waals surface area contributed by atoms with Crippen molar-refractivity contribution in [2.45, 2.75) is 63.3 Å². The van der Waals surface area contributed by atoms with Gasteiger partial charge in [-0.05, 0) is 33.1 Å². The fourth-order valence-corrected chi connectivity index (χ4v) is 3.02. The van der Waals surface area contributed by atoms with Gasteiger partial charge < -0.3 is 19.9 Å². The first-order chi connectivity index (χ1) is 8.10. The summed E-state index contributed by atoms with van der Waals surface area (Å²) in [6.07, 6.45) is 3.70. The average molecular weight is 243 g/mol. The Balaban J connectivity index is 1.81. The Kier molecular flexibility index (Phi) is 4.42. The zero-order valence-electron chi connectivity index (χ0n) is 10.9. The molecule has 4 heteroatoms. The van der Waals surface area contributed by atoms with Crippen molar-refractivity contribution in [1.82, 2.24) is 5.32 Å². The van der Waals surface area contributed by atoms with E-state index in [0.29, 0.717) is 12.1 Å². The van der Waals surface area contributed by atoms with Gasteiger partial charge in [-0.25, -0.2) is 0 Å². The van der Waals surface area contributed by atoms with Crippen molar-refractivity contribution < 1.29 is 14.6 Å². The molecule has 100 valence electrons. The van der Waals surface area contributed by atoms with Gasteiger partial charge in [0.1, 0.15) is 0 Å². The molecule has 1 spiro atoms. The van der Waals surface area contributed by atoms with E-state index in [9.17, 15) is 5.11 Å². The predicted molar refractivity (Wildman–Crippen MR) is 66.0 cm³/mol. The van der Waals surface area contributed by atoms with E-state index in [2.05, 4.69) is 12.2 Å². The molecule has 2 fully saturated rings. The van der Waals surface area contributed by atoms with Crippen LogP contribution in [-0.4, -0.2) is 48.7 Å². The predicted octanol–water partition coefficient (Wildman–Crippen LogP) is 1.07. The van der Waals surface area contributed by atoms with E-state index in [-0.39, 0.29) is 11.7 Å². The normalized spacial score (nSPS) is 37.2. The monoisotopic (exact) mass is 243 g/mol. The fraction of sp³-hybridized carbons (Fsp3) is 1.00. The SMILES string of the molecule is CC(O)CC(C)NC1CCOC2(CCOC2)C1. The van der Waals surface area contributed by atoms with E-state index in [4.69, 9.17) is 9.47 Å². The molecule has 0 aromatic heterocycles. The van der Waals surface area contributed by atoms with Crippen molar-refractivity contribution in [3.8, 4) is 0 Å². The second-order valence-corrected chi connectivity index (χ2v) is 5.68. The Morgan fingerprint density at radius 1 is 1.41 bits per heavy atom. The van der Waals surface area contributed by atoms with Gasteiger partial charge in [0.2, 0.25) is 0 Å². The fourth-order valence-electron chi connectivity index (χ4n) is 3.02. The molecule has 0 bridgehead atoms. The van der Waals surface area contributed by atoms with E-state index in [1.54, 1.807) is 0 Å². The van der Waals surface area contributed by atoms with E-state index < -0.39 is 0 Å². The maximum Gasteiger partial charge on any atom is 0.0951 e. The molecule has 2 aliphatic rings. The second kappa shape index (κ2) is 5.65. The molecular weight excluding hydrogens is 218 g/mol. The Morgan fingerprint density at radius 3 is 2.88 bits per heavy atom. The number of rotatable bonds is 4. The Hall–Kier alpha value is -0.160. The number of hydrogen-bond acceptors (Lipinski definition) is 4. The lowest BCUT2D eigenvalue weighted by Gasteiger charge is -2.38. The number of nitrogens with one attached hydrogen (secondary N) is 1. The number of hydrogen-bond donors (Lipinski definition) is 2. The molecule has 4 nitrogen and oxygen atoms in total. The van der Waals surface area contributed by atoms with Gasteiger partial charge in [-0.3, -0.25) is 0 Å². The number of ether oxygens (including phenoxy) is 2. The van der Waals surface area contributed by atoms with Gasteiger partial charge in [-0.15, -0.1) is 0 Å². The van der Waals surface area contributed by atoms with Gasteiger partial charge in [0, 0.05) is 31.7 Å². The van der Waals surface area contributed by atoms with Crippen LogP contribution in [0, 0.1) is 0 Å². The van der Waals surface area contributed by atoms with Gasteiger partial charge in [0.15, 0.2) is 0 Å². The molecule has 0 amide bonds. The van der Waals surface area contributed by atoms with Crippen LogP contribution in [0.4, 0.5) is 0 Å². The maximum absolute atomic E-state index is 9.37. The third-order valence-corrected chi connectivity index (χ3v) is 3.77. The van der Waals surface area contributed by atoms with Gasteiger partial charge in [-0.1, -0.05) is 0 Å². The Bertz CT molecular complexity index is 239. The molecule has 2 rings (SSSR count). The summed E-state index contributed by atoms with van der Waals surface area (Å²) in [5.74, 6) is 0. The minimum atomic E-state index is -0.235. The third-order valence-electron chi connectivity index (χ3n) is 3.77. The molecule has 0 aromatic carbocycles. The highest BCUT2D eigenvalue weighted by molar-refractivity contribution is 4.93. The second-order valence-electron chi connectivity index (χ2n) is 5.68. The summed E-state index contributed by atoms with van der Waals surface area (Å²) < 4.78 is 11.4. The van der Waals surface area contributed by atoms with Crippen LogP contribution in [0.1, 0.15) is 39.5 Å². The van der Waals surface area contributed by atoms with Crippen LogP contribution in [-0.2, 0) is 9.47 Å². The van der Waals surface area contributed by atoms with E-state index in [1.807, 2.05) is 6.92 Å². The largest absolute Gasteiger partial charge is 0.393 e. The van der Waals surface area contributed by atoms with E-state index in [1.165, 1.54) is 0 Å².